The van der Waals surface area contributed by atoms with Crippen LogP contribution < -0.4 is 0 Å². The van der Waals surface area contributed by atoms with Crippen molar-refractivity contribution < 1.29 is 79.5 Å². The van der Waals surface area contributed by atoms with Crippen LogP contribution in [0.3, 0.4) is 0 Å². The predicted octanol–water partition coefficient (Wildman–Crippen LogP) is -5.91. The molecule has 38 heavy (non-hydrogen) atoms. The minimum Gasteiger partial charge on any atom is -0.394 e. The number of carbonyl (C=O) groups is 1. The minimum atomic E-state index is -2.01. The maximum absolute atomic E-state index is 10.7. The van der Waals surface area contributed by atoms with E-state index in [1.165, 1.54) is 0 Å². The summed E-state index contributed by atoms with van der Waals surface area (Å²) in [6, 6.07) is 0. The molecule has 0 bridgehead atoms. The first-order valence-electron chi connectivity index (χ1n) is 12.3. The van der Waals surface area contributed by atoms with Crippen LogP contribution in [0.15, 0.2) is 0 Å². The molecule has 16 nitrogen and oxygen atoms in total. The Morgan fingerprint density at radius 1 is 0.789 bits per heavy atom. The maximum Gasteiger partial charge on any atom is 0.187 e. The standard InChI is InChI=1S/C22H40O16/c1-2-3-4-34-20-18(32)16(30)12(8-36-21-19(33)17(31)15(29)11(6-24)37-21)38-22(20)35-7-10(26)14(28)13(27)9(25)5-23/h5,9-22,24-33H,2-4,6-8H2,1H3/t9-,10+,11+,12+,13+,14+,15+,16+,17-,18-,19+,20+,21-,22-/m0/s1. The third-order valence-electron chi connectivity index (χ3n) is 6.39. The van der Waals surface area contributed by atoms with Crippen LogP contribution in [0, 0.1) is 0 Å². The molecule has 0 spiro atoms. The topological polar surface area (TPSA) is 266 Å². The van der Waals surface area contributed by atoms with Gasteiger partial charge < -0.3 is 79.5 Å². The van der Waals surface area contributed by atoms with Crippen molar-refractivity contribution in [1.82, 2.24) is 0 Å². The zero-order chi connectivity index (χ0) is 28.6. The quantitative estimate of drug-likeness (QED) is 0.0660. The molecule has 2 saturated heterocycles. The molecule has 0 aromatic rings. The molecule has 0 aliphatic carbocycles. The third kappa shape index (κ3) is 8.29. The SMILES string of the molecule is CCCCO[C@H]1[C@@H](OC[C@@H](O)[C@@H](O)[C@H](O)[C@@H](O)C=O)O[C@H](CO[C@H]2O[C@H](CO)[C@@H](O)[C@H](O)[C@H]2O)[C@@H](O)[C@@H]1O. The van der Waals surface area contributed by atoms with Crippen LogP contribution in [0.2, 0.25) is 0 Å². The molecule has 0 radical (unpaired) electrons. The van der Waals surface area contributed by atoms with Gasteiger partial charge in [-0.1, -0.05) is 13.3 Å². The van der Waals surface area contributed by atoms with Crippen molar-refractivity contribution in [3.05, 3.63) is 0 Å². The number of aldehydes is 1. The van der Waals surface area contributed by atoms with Crippen LogP contribution in [-0.2, 0) is 28.5 Å². The molecule has 2 aliphatic rings. The van der Waals surface area contributed by atoms with Crippen LogP contribution in [-0.4, -0.2) is 170 Å². The highest BCUT2D eigenvalue weighted by atomic mass is 16.7. The van der Waals surface area contributed by atoms with Crippen molar-refractivity contribution in [1.29, 1.82) is 0 Å². The van der Waals surface area contributed by atoms with Crippen LogP contribution >= 0.6 is 0 Å². The van der Waals surface area contributed by atoms with Crippen LogP contribution in [0.25, 0.3) is 0 Å². The largest absolute Gasteiger partial charge is 0.394 e. The summed E-state index contributed by atoms with van der Waals surface area (Å²) in [4.78, 5) is 10.6. The molecule has 2 heterocycles. The summed E-state index contributed by atoms with van der Waals surface area (Å²) >= 11 is 0. The second-order valence-electron chi connectivity index (χ2n) is 9.25. The fourth-order valence-corrected chi connectivity index (χ4v) is 3.92. The van der Waals surface area contributed by atoms with E-state index in [0.29, 0.717) is 6.42 Å². The zero-order valence-corrected chi connectivity index (χ0v) is 20.8. The van der Waals surface area contributed by atoms with Gasteiger partial charge in [0.05, 0.1) is 19.8 Å². The highest BCUT2D eigenvalue weighted by molar-refractivity contribution is 5.56. The molecule has 0 aromatic heterocycles. The summed E-state index contributed by atoms with van der Waals surface area (Å²) in [5.74, 6) is 0. The molecule has 0 aromatic carbocycles. The highest BCUT2D eigenvalue weighted by Gasteiger charge is 2.48. The number of aliphatic hydroxyl groups excluding tert-OH is 10. The van der Waals surface area contributed by atoms with Gasteiger partial charge in [-0.15, -0.1) is 0 Å². The van der Waals surface area contributed by atoms with Gasteiger partial charge in [0.25, 0.3) is 0 Å². The molecule has 2 rings (SSSR count). The Bertz CT molecular complexity index is 684. The molecule has 2 aliphatic heterocycles. The van der Waals surface area contributed by atoms with Gasteiger partial charge in [0.15, 0.2) is 18.9 Å². The van der Waals surface area contributed by atoms with Crippen molar-refractivity contribution in [2.75, 3.05) is 26.4 Å². The van der Waals surface area contributed by atoms with Crippen molar-refractivity contribution in [3.8, 4) is 0 Å². The van der Waals surface area contributed by atoms with Crippen molar-refractivity contribution >= 4 is 6.29 Å². The van der Waals surface area contributed by atoms with Crippen molar-refractivity contribution in [2.45, 2.75) is 106 Å². The number of hydrogen-bond acceptors (Lipinski definition) is 16. The van der Waals surface area contributed by atoms with E-state index in [1.807, 2.05) is 6.92 Å². The normalized spacial score (nSPS) is 39.3. The van der Waals surface area contributed by atoms with Crippen molar-refractivity contribution in [2.24, 2.45) is 0 Å². The molecule has 224 valence electrons. The Morgan fingerprint density at radius 2 is 1.42 bits per heavy atom. The van der Waals surface area contributed by atoms with E-state index >= 15 is 0 Å². The molecular formula is C22H40O16. The van der Waals surface area contributed by atoms with E-state index in [2.05, 4.69) is 0 Å². The average molecular weight is 561 g/mol. The Labute approximate surface area is 218 Å². The van der Waals surface area contributed by atoms with Gasteiger partial charge in [0.1, 0.15) is 73.2 Å². The van der Waals surface area contributed by atoms with Gasteiger partial charge in [-0.25, -0.2) is 0 Å². The lowest BCUT2D eigenvalue weighted by Gasteiger charge is -2.44. The first-order valence-corrected chi connectivity index (χ1v) is 12.3. The number of aliphatic hydroxyl groups is 10. The number of ether oxygens (including phenoxy) is 5. The number of carbonyl (C=O) groups excluding carboxylic acids is 1. The number of hydrogen-bond donors (Lipinski definition) is 10. The second-order valence-corrected chi connectivity index (χ2v) is 9.25. The number of unbranched alkanes of at least 4 members (excludes halogenated alkanes) is 1. The molecule has 10 N–H and O–H groups in total. The van der Waals surface area contributed by atoms with E-state index in [4.69, 9.17) is 23.7 Å². The van der Waals surface area contributed by atoms with Crippen LogP contribution in [0.5, 0.6) is 0 Å². The van der Waals surface area contributed by atoms with Gasteiger partial charge >= 0.3 is 0 Å². The molecule has 16 heteroatoms. The molecule has 0 amide bonds. The third-order valence-corrected chi connectivity index (χ3v) is 6.39. The number of rotatable bonds is 15. The van der Waals surface area contributed by atoms with Crippen LogP contribution in [0.1, 0.15) is 19.8 Å². The molecule has 2 fully saturated rings. The lowest BCUT2D eigenvalue weighted by molar-refractivity contribution is -0.337. The average Bonchev–Trinajstić information content (AvgIpc) is 2.92. The molecule has 0 unspecified atom stereocenters. The second kappa shape index (κ2) is 15.8. The van der Waals surface area contributed by atoms with Crippen molar-refractivity contribution in [3.63, 3.8) is 0 Å². The van der Waals surface area contributed by atoms with E-state index < -0.39 is 106 Å². The van der Waals surface area contributed by atoms with Gasteiger partial charge in [-0.2, -0.15) is 0 Å². The first kappa shape index (κ1) is 33.3. The predicted molar refractivity (Wildman–Crippen MR) is 121 cm³/mol. The summed E-state index contributed by atoms with van der Waals surface area (Å²) < 4.78 is 27.3. The van der Waals surface area contributed by atoms with E-state index in [-0.39, 0.29) is 12.9 Å². The zero-order valence-electron chi connectivity index (χ0n) is 20.8. The molecule has 14 atom stereocenters. The Morgan fingerprint density at radius 3 is 2.03 bits per heavy atom. The lowest BCUT2D eigenvalue weighted by atomic mass is 9.98. The Balaban J connectivity index is 2.07. The van der Waals surface area contributed by atoms with Gasteiger partial charge in [-0.3, -0.25) is 0 Å². The molecule has 0 saturated carbocycles. The van der Waals surface area contributed by atoms with E-state index in [0.717, 1.165) is 6.42 Å². The van der Waals surface area contributed by atoms with Gasteiger partial charge in [-0.05, 0) is 6.42 Å². The van der Waals surface area contributed by atoms with Gasteiger partial charge in [0.2, 0.25) is 0 Å². The smallest absolute Gasteiger partial charge is 0.187 e. The Kier molecular flexibility index (Phi) is 13.8. The summed E-state index contributed by atoms with van der Waals surface area (Å²) in [5, 5.41) is 99.7. The Hall–Kier alpha value is -0.930. The summed E-state index contributed by atoms with van der Waals surface area (Å²) in [7, 11) is 0. The van der Waals surface area contributed by atoms with E-state index in [9.17, 15) is 55.9 Å². The van der Waals surface area contributed by atoms with E-state index in [1.54, 1.807) is 0 Å². The summed E-state index contributed by atoms with van der Waals surface area (Å²) in [5.41, 5.74) is 0. The first-order chi connectivity index (χ1) is 18.0. The fraction of sp³-hybridized carbons (Fsp3) is 0.955. The molecular weight excluding hydrogens is 520 g/mol. The van der Waals surface area contributed by atoms with Gasteiger partial charge in [0, 0.05) is 6.61 Å². The monoisotopic (exact) mass is 560 g/mol. The maximum atomic E-state index is 10.7. The van der Waals surface area contributed by atoms with Crippen LogP contribution in [0.4, 0.5) is 0 Å². The fourth-order valence-electron chi connectivity index (χ4n) is 3.92. The highest BCUT2D eigenvalue weighted by Crippen LogP contribution is 2.28. The summed E-state index contributed by atoms with van der Waals surface area (Å²) in [6.45, 7) is 0.0907. The minimum absolute atomic E-state index is 0.0267. The lowest BCUT2D eigenvalue weighted by Crippen LogP contribution is -2.62. The summed E-state index contributed by atoms with van der Waals surface area (Å²) in [6.07, 6.45) is -21.6.